The minimum Gasteiger partial charge on any atom is -0.456 e. The lowest BCUT2D eigenvalue weighted by Gasteiger charge is -2.27. The molecule has 2 N–H and O–H groups in total. The maximum Gasteiger partial charge on any atom is 0.330 e. The summed E-state index contributed by atoms with van der Waals surface area (Å²) in [5.41, 5.74) is -3.76. The van der Waals surface area contributed by atoms with Crippen LogP contribution in [0.2, 0.25) is 0 Å². The van der Waals surface area contributed by atoms with Gasteiger partial charge in [-0.2, -0.15) is 0 Å². The molecule has 1 fully saturated rings. The first-order valence-corrected chi connectivity index (χ1v) is 6.21. The second kappa shape index (κ2) is 5.41. The van der Waals surface area contributed by atoms with Gasteiger partial charge in [-0.1, -0.05) is 0 Å². The fourth-order valence-corrected chi connectivity index (χ4v) is 2.33. The monoisotopic (exact) mass is 302 g/mol. The summed E-state index contributed by atoms with van der Waals surface area (Å²) in [5.74, 6) is -0.736. The van der Waals surface area contributed by atoms with Crippen molar-refractivity contribution in [2.45, 2.75) is 38.0 Å². The summed E-state index contributed by atoms with van der Waals surface area (Å²) in [5, 5.41) is 9.23. The van der Waals surface area contributed by atoms with Gasteiger partial charge in [0.25, 0.3) is 5.56 Å². The molecule has 0 aromatic carbocycles. The van der Waals surface area contributed by atoms with Crippen molar-refractivity contribution in [1.82, 2.24) is 9.55 Å². The summed E-state index contributed by atoms with van der Waals surface area (Å²) in [6, 6.07) is 1.04. The van der Waals surface area contributed by atoms with Gasteiger partial charge in [0.1, 0.15) is 6.10 Å². The normalized spacial score (nSPS) is 32.1. The van der Waals surface area contributed by atoms with Crippen LogP contribution in [-0.4, -0.2) is 45.1 Å². The Labute approximate surface area is 118 Å². The van der Waals surface area contributed by atoms with E-state index in [1.165, 1.54) is 0 Å². The number of nitrogens with zero attached hydrogens (tertiary/aromatic N) is 1. The zero-order valence-electron chi connectivity index (χ0n) is 11.4. The summed E-state index contributed by atoms with van der Waals surface area (Å²) in [6.07, 6.45) is -2.85. The van der Waals surface area contributed by atoms with Crippen LogP contribution in [0, 0.1) is 0 Å². The average molecular weight is 302 g/mol. The van der Waals surface area contributed by atoms with Crippen molar-refractivity contribution in [3.63, 3.8) is 0 Å². The molecule has 4 atom stereocenters. The van der Waals surface area contributed by atoms with Crippen molar-refractivity contribution in [3.05, 3.63) is 33.1 Å². The van der Waals surface area contributed by atoms with Crippen LogP contribution in [0.1, 0.15) is 20.1 Å². The lowest BCUT2D eigenvalue weighted by Crippen LogP contribution is -2.45. The smallest absolute Gasteiger partial charge is 0.330 e. The number of rotatable bonds is 3. The molecule has 21 heavy (non-hydrogen) atoms. The number of aliphatic hydroxyl groups excluding tert-OH is 1. The summed E-state index contributed by atoms with van der Waals surface area (Å²) >= 11 is 0. The quantitative estimate of drug-likeness (QED) is 0.699. The molecule has 0 bridgehead atoms. The molecular weight excluding hydrogens is 287 g/mol. The predicted molar refractivity (Wildman–Crippen MR) is 67.4 cm³/mol. The van der Waals surface area contributed by atoms with E-state index in [1.54, 1.807) is 0 Å². The Kier molecular flexibility index (Phi) is 3.97. The molecule has 1 aliphatic rings. The number of ether oxygens (including phenoxy) is 2. The van der Waals surface area contributed by atoms with Crippen molar-refractivity contribution in [2.24, 2.45) is 0 Å². The first-order chi connectivity index (χ1) is 9.77. The highest BCUT2D eigenvalue weighted by atomic mass is 19.1. The van der Waals surface area contributed by atoms with E-state index >= 15 is 0 Å². The first-order valence-electron chi connectivity index (χ1n) is 6.21. The van der Waals surface area contributed by atoms with Crippen LogP contribution in [0.15, 0.2) is 21.9 Å². The van der Waals surface area contributed by atoms with Gasteiger partial charge in [-0.25, -0.2) is 9.18 Å². The average Bonchev–Trinajstić information content (AvgIpc) is 2.61. The molecule has 0 amide bonds. The fourth-order valence-electron chi connectivity index (χ4n) is 2.33. The number of H-pyrrole nitrogens is 1. The minimum atomic E-state index is -2.26. The number of hydrogen-bond donors (Lipinski definition) is 2. The molecule has 0 aliphatic carbocycles. The van der Waals surface area contributed by atoms with Gasteiger partial charge in [-0.05, 0) is 6.92 Å². The van der Waals surface area contributed by atoms with E-state index in [1.807, 2.05) is 4.98 Å². The number of halogens is 1. The maximum atomic E-state index is 14.9. The van der Waals surface area contributed by atoms with E-state index < -0.39 is 47.9 Å². The molecule has 116 valence electrons. The van der Waals surface area contributed by atoms with Crippen LogP contribution in [0.4, 0.5) is 4.39 Å². The van der Waals surface area contributed by atoms with E-state index in [9.17, 15) is 23.9 Å². The number of nitrogens with one attached hydrogen (secondary N) is 1. The van der Waals surface area contributed by atoms with Gasteiger partial charge in [0, 0.05) is 19.2 Å². The Morgan fingerprint density at radius 1 is 1.62 bits per heavy atom. The molecule has 1 aromatic heterocycles. The minimum absolute atomic E-state index is 0.591. The van der Waals surface area contributed by atoms with E-state index in [0.29, 0.717) is 0 Å². The third-order valence-corrected chi connectivity index (χ3v) is 3.26. The standard InChI is InChI=1S/C12H15FN2O6/c1-6(17)20-9-7(5-16)21-10(12(9,2)13)15-4-3-8(18)14-11(15)19/h3-4,7,9-10,16H,5H2,1-2H3,(H,14,18,19)/t7-,9?,10-,12?/m1/s1. The van der Waals surface area contributed by atoms with Crippen LogP contribution in [0.3, 0.4) is 0 Å². The van der Waals surface area contributed by atoms with Crippen molar-refractivity contribution in [3.8, 4) is 0 Å². The van der Waals surface area contributed by atoms with Crippen LogP contribution < -0.4 is 11.2 Å². The highest BCUT2D eigenvalue weighted by Gasteiger charge is 2.57. The predicted octanol–water partition coefficient (Wildman–Crippen LogP) is -0.914. The van der Waals surface area contributed by atoms with Gasteiger partial charge < -0.3 is 14.6 Å². The molecule has 9 heteroatoms. The number of esters is 1. The van der Waals surface area contributed by atoms with Crippen LogP contribution >= 0.6 is 0 Å². The van der Waals surface area contributed by atoms with E-state index in [-0.39, 0.29) is 0 Å². The molecule has 1 aromatic rings. The van der Waals surface area contributed by atoms with Gasteiger partial charge in [0.15, 0.2) is 18.0 Å². The fraction of sp³-hybridized carbons (Fsp3) is 0.583. The summed E-state index contributed by atoms with van der Waals surface area (Å²) in [4.78, 5) is 35.8. The summed E-state index contributed by atoms with van der Waals surface area (Å²) in [6.45, 7) is 1.61. The Bertz CT molecular complexity index is 652. The van der Waals surface area contributed by atoms with Crippen molar-refractivity contribution in [1.29, 1.82) is 0 Å². The molecule has 2 heterocycles. The highest BCUT2D eigenvalue weighted by molar-refractivity contribution is 5.66. The zero-order valence-corrected chi connectivity index (χ0v) is 11.4. The number of carbonyl (C=O) groups excluding carboxylic acids is 1. The van der Waals surface area contributed by atoms with Gasteiger partial charge in [0.05, 0.1) is 6.61 Å². The molecule has 0 radical (unpaired) electrons. The SMILES string of the molecule is CC(=O)OC1[C@@H](CO)O[C@@H](n2ccc(=O)[nH]c2=O)C1(C)F. The molecule has 8 nitrogen and oxygen atoms in total. The molecular formula is C12H15FN2O6. The highest BCUT2D eigenvalue weighted by Crippen LogP contribution is 2.42. The summed E-state index contributed by atoms with van der Waals surface area (Å²) in [7, 11) is 0. The molecule has 1 saturated heterocycles. The molecule has 2 rings (SSSR count). The van der Waals surface area contributed by atoms with Gasteiger partial charge >= 0.3 is 11.7 Å². The molecule has 2 unspecified atom stereocenters. The second-order valence-electron chi connectivity index (χ2n) is 4.91. The Morgan fingerprint density at radius 2 is 2.29 bits per heavy atom. The Morgan fingerprint density at radius 3 is 2.81 bits per heavy atom. The lowest BCUT2D eigenvalue weighted by atomic mass is 9.98. The van der Waals surface area contributed by atoms with E-state index in [2.05, 4.69) is 0 Å². The number of aromatic nitrogens is 2. The van der Waals surface area contributed by atoms with Crippen molar-refractivity contribution >= 4 is 5.97 Å². The number of carbonyl (C=O) groups is 1. The second-order valence-corrected chi connectivity index (χ2v) is 4.91. The van der Waals surface area contributed by atoms with Crippen LogP contribution in [-0.2, 0) is 14.3 Å². The number of alkyl halides is 1. The van der Waals surface area contributed by atoms with Crippen LogP contribution in [0.5, 0.6) is 0 Å². The number of aliphatic hydroxyl groups is 1. The third kappa shape index (κ3) is 2.74. The first kappa shape index (κ1) is 15.4. The van der Waals surface area contributed by atoms with E-state index in [0.717, 1.165) is 30.7 Å². The molecule has 1 aliphatic heterocycles. The topological polar surface area (TPSA) is 111 Å². The van der Waals surface area contributed by atoms with Gasteiger partial charge in [0.2, 0.25) is 0 Å². The summed E-state index contributed by atoms with van der Waals surface area (Å²) < 4.78 is 25.9. The third-order valence-electron chi connectivity index (χ3n) is 3.26. The van der Waals surface area contributed by atoms with Crippen LogP contribution in [0.25, 0.3) is 0 Å². The van der Waals surface area contributed by atoms with E-state index in [4.69, 9.17) is 9.47 Å². The van der Waals surface area contributed by atoms with Crippen molar-refractivity contribution in [2.75, 3.05) is 6.61 Å². The molecule has 0 saturated carbocycles. The maximum absolute atomic E-state index is 14.9. The van der Waals surface area contributed by atoms with Gasteiger partial charge in [-0.15, -0.1) is 0 Å². The molecule has 0 spiro atoms. The Balaban J connectivity index is 2.43. The van der Waals surface area contributed by atoms with Gasteiger partial charge in [-0.3, -0.25) is 19.1 Å². The number of hydrogen-bond acceptors (Lipinski definition) is 6. The van der Waals surface area contributed by atoms with Crippen molar-refractivity contribution < 1.29 is 23.8 Å². The zero-order chi connectivity index (χ0) is 15.8. The number of aromatic amines is 1. The lowest BCUT2D eigenvalue weighted by molar-refractivity contribution is -0.155. The largest absolute Gasteiger partial charge is 0.456 e. The Hall–Kier alpha value is -2.00.